The SMILES string of the molecule is Cc1c(C(=O)N[C@H]2CCc3nccn3C2)oc2c(F)cccc12. The lowest BCUT2D eigenvalue weighted by Gasteiger charge is -2.24. The summed E-state index contributed by atoms with van der Waals surface area (Å²) in [5, 5.41) is 3.62. The third-order valence-electron chi connectivity index (χ3n) is 4.39. The number of amides is 1. The number of nitrogens with zero attached hydrogens (tertiary/aromatic N) is 2. The van der Waals surface area contributed by atoms with Crippen molar-refractivity contribution < 1.29 is 13.6 Å². The zero-order chi connectivity index (χ0) is 16.0. The molecule has 0 spiro atoms. The number of halogens is 1. The highest BCUT2D eigenvalue weighted by atomic mass is 19.1. The van der Waals surface area contributed by atoms with E-state index in [0.717, 1.165) is 18.7 Å². The summed E-state index contributed by atoms with van der Waals surface area (Å²) in [6, 6.07) is 4.71. The highest BCUT2D eigenvalue weighted by Crippen LogP contribution is 2.27. The fraction of sp³-hybridized carbons (Fsp3) is 0.294. The molecule has 2 aromatic heterocycles. The quantitative estimate of drug-likeness (QED) is 0.791. The van der Waals surface area contributed by atoms with Crippen LogP contribution in [0.25, 0.3) is 11.0 Å². The Morgan fingerprint density at radius 2 is 2.35 bits per heavy atom. The minimum atomic E-state index is -0.453. The van der Waals surface area contributed by atoms with Crippen LogP contribution in [-0.4, -0.2) is 21.5 Å². The second-order valence-electron chi connectivity index (χ2n) is 5.88. The van der Waals surface area contributed by atoms with Gasteiger partial charge in [-0.2, -0.15) is 0 Å². The van der Waals surface area contributed by atoms with Gasteiger partial charge in [-0.15, -0.1) is 0 Å². The van der Waals surface area contributed by atoms with Crippen LogP contribution in [-0.2, 0) is 13.0 Å². The first-order valence-corrected chi connectivity index (χ1v) is 7.62. The van der Waals surface area contributed by atoms with Crippen molar-refractivity contribution in [3.05, 3.63) is 53.6 Å². The number of benzene rings is 1. The number of carbonyl (C=O) groups is 1. The smallest absolute Gasteiger partial charge is 0.287 e. The van der Waals surface area contributed by atoms with E-state index in [1.807, 2.05) is 10.8 Å². The lowest BCUT2D eigenvalue weighted by molar-refractivity contribution is 0.0900. The third-order valence-corrected chi connectivity index (χ3v) is 4.39. The van der Waals surface area contributed by atoms with Gasteiger partial charge in [0, 0.05) is 42.4 Å². The molecule has 0 saturated heterocycles. The van der Waals surface area contributed by atoms with Gasteiger partial charge < -0.3 is 14.3 Å². The van der Waals surface area contributed by atoms with E-state index in [-0.39, 0.29) is 23.3 Å². The third kappa shape index (κ3) is 2.30. The molecule has 3 aromatic rings. The minimum absolute atomic E-state index is 0.0154. The number of hydrogen-bond acceptors (Lipinski definition) is 3. The number of nitrogens with one attached hydrogen (secondary N) is 1. The first-order valence-electron chi connectivity index (χ1n) is 7.62. The molecule has 6 heteroatoms. The summed E-state index contributed by atoms with van der Waals surface area (Å²) in [4.78, 5) is 16.8. The molecule has 1 aliphatic rings. The van der Waals surface area contributed by atoms with Crippen LogP contribution >= 0.6 is 0 Å². The summed E-state index contributed by atoms with van der Waals surface area (Å²) in [6.07, 6.45) is 5.34. The fourth-order valence-electron chi connectivity index (χ4n) is 3.16. The van der Waals surface area contributed by atoms with Gasteiger partial charge in [0.1, 0.15) is 5.82 Å². The Labute approximate surface area is 132 Å². The molecule has 5 nitrogen and oxygen atoms in total. The van der Waals surface area contributed by atoms with Crippen molar-refractivity contribution in [2.24, 2.45) is 0 Å². The summed E-state index contributed by atoms with van der Waals surface area (Å²) in [7, 11) is 0. The number of furan rings is 1. The van der Waals surface area contributed by atoms with Crippen molar-refractivity contribution in [2.45, 2.75) is 32.4 Å². The Balaban J connectivity index is 1.58. The molecule has 23 heavy (non-hydrogen) atoms. The summed E-state index contributed by atoms with van der Waals surface area (Å²) in [5.41, 5.74) is 0.798. The van der Waals surface area contributed by atoms with Crippen LogP contribution in [0.15, 0.2) is 35.0 Å². The first kappa shape index (κ1) is 14.0. The number of aryl methyl sites for hydroxylation is 2. The molecule has 0 bridgehead atoms. The van der Waals surface area contributed by atoms with Crippen molar-refractivity contribution >= 4 is 16.9 Å². The molecule has 0 fully saturated rings. The van der Waals surface area contributed by atoms with Crippen LogP contribution < -0.4 is 5.32 Å². The molecule has 0 radical (unpaired) electrons. The van der Waals surface area contributed by atoms with E-state index in [2.05, 4.69) is 10.3 Å². The molecular weight excluding hydrogens is 297 g/mol. The number of rotatable bonds is 2. The Kier molecular flexibility index (Phi) is 3.18. The Morgan fingerprint density at radius 3 is 3.17 bits per heavy atom. The average molecular weight is 313 g/mol. The van der Waals surface area contributed by atoms with Crippen LogP contribution in [0.3, 0.4) is 0 Å². The molecule has 3 heterocycles. The van der Waals surface area contributed by atoms with Crippen molar-refractivity contribution in [1.29, 1.82) is 0 Å². The maximum absolute atomic E-state index is 13.8. The van der Waals surface area contributed by atoms with Crippen LogP contribution in [0.4, 0.5) is 4.39 Å². The maximum Gasteiger partial charge on any atom is 0.287 e. The molecule has 1 atom stereocenters. The summed E-state index contributed by atoms with van der Waals surface area (Å²) in [6.45, 7) is 2.46. The van der Waals surface area contributed by atoms with Gasteiger partial charge in [0.2, 0.25) is 0 Å². The first-order chi connectivity index (χ1) is 11.1. The second-order valence-corrected chi connectivity index (χ2v) is 5.88. The van der Waals surface area contributed by atoms with E-state index >= 15 is 0 Å². The lowest BCUT2D eigenvalue weighted by Crippen LogP contribution is -2.40. The van der Waals surface area contributed by atoms with E-state index in [9.17, 15) is 9.18 Å². The Bertz CT molecular complexity index is 897. The molecule has 118 valence electrons. The largest absolute Gasteiger partial charge is 0.448 e. The molecule has 0 aliphatic carbocycles. The maximum atomic E-state index is 13.8. The number of para-hydroxylation sites is 1. The molecule has 0 unspecified atom stereocenters. The Hall–Kier alpha value is -2.63. The molecule has 4 rings (SSSR count). The zero-order valence-corrected chi connectivity index (χ0v) is 12.7. The van der Waals surface area contributed by atoms with Gasteiger partial charge in [0.15, 0.2) is 17.2 Å². The van der Waals surface area contributed by atoms with Crippen molar-refractivity contribution in [1.82, 2.24) is 14.9 Å². The second kappa shape index (κ2) is 5.22. The van der Waals surface area contributed by atoms with Crippen LogP contribution in [0.1, 0.15) is 28.4 Å². The van der Waals surface area contributed by atoms with Crippen molar-refractivity contribution in [2.75, 3.05) is 0 Å². The Morgan fingerprint density at radius 1 is 1.48 bits per heavy atom. The standard InChI is InChI=1S/C17H16FN3O2/c1-10-12-3-2-4-13(18)16(12)23-15(10)17(22)20-11-5-6-14-19-7-8-21(14)9-11/h2-4,7-8,11H,5-6,9H2,1H3,(H,20,22)/t11-/m0/s1. The van der Waals surface area contributed by atoms with E-state index in [1.165, 1.54) is 6.07 Å². The van der Waals surface area contributed by atoms with E-state index in [4.69, 9.17) is 4.42 Å². The summed E-state index contributed by atoms with van der Waals surface area (Å²) >= 11 is 0. The summed E-state index contributed by atoms with van der Waals surface area (Å²) < 4.78 is 21.3. The highest BCUT2D eigenvalue weighted by Gasteiger charge is 2.24. The predicted molar refractivity (Wildman–Crippen MR) is 82.7 cm³/mol. The number of imidazole rings is 1. The van der Waals surface area contributed by atoms with E-state index < -0.39 is 5.82 Å². The van der Waals surface area contributed by atoms with E-state index in [0.29, 0.717) is 17.5 Å². The van der Waals surface area contributed by atoms with Gasteiger partial charge in [0.05, 0.1) is 0 Å². The van der Waals surface area contributed by atoms with Gasteiger partial charge in [0.25, 0.3) is 5.91 Å². The monoisotopic (exact) mass is 313 g/mol. The number of aromatic nitrogens is 2. The number of fused-ring (bicyclic) bond motifs is 2. The average Bonchev–Trinajstić information content (AvgIpc) is 3.13. The van der Waals surface area contributed by atoms with Gasteiger partial charge in [-0.1, -0.05) is 12.1 Å². The van der Waals surface area contributed by atoms with Crippen LogP contribution in [0.2, 0.25) is 0 Å². The lowest BCUT2D eigenvalue weighted by atomic mass is 10.1. The zero-order valence-electron chi connectivity index (χ0n) is 12.7. The highest BCUT2D eigenvalue weighted by molar-refractivity contribution is 5.99. The fourth-order valence-corrected chi connectivity index (χ4v) is 3.16. The van der Waals surface area contributed by atoms with Gasteiger partial charge in [-0.25, -0.2) is 9.37 Å². The molecule has 1 aliphatic heterocycles. The van der Waals surface area contributed by atoms with Crippen LogP contribution in [0.5, 0.6) is 0 Å². The topological polar surface area (TPSA) is 60.1 Å². The van der Waals surface area contributed by atoms with Crippen molar-refractivity contribution in [3.8, 4) is 0 Å². The van der Waals surface area contributed by atoms with Gasteiger partial charge >= 0.3 is 0 Å². The molecule has 1 amide bonds. The normalized spacial score (nSPS) is 17.2. The number of carbonyl (C=O) groups excluding carboxylic acids is 1. The minimum Gasteiger partial charge on any atom is -0.448 e. The van der Waals surface area contributed by atoms with Crippen molar-refractivity contribution in [3.63, 3.8) is 0 Å². The number of hydrogen-bond donors (Lipinski definition) is 1. The molecular formula is C17H16FN3O2. The molecule has 1 aromatic carbocycles. The van der Waals surface area contributed by atoms with E-state index in [1.54, 1.807) is 25.3 Å². The predicted octanol–water partition coefficient (Wildman–Crippen LogP) is 2.82. The van der Waals surface area contributed by atoms with Gasteiger partial charge in [-0.05, 0) is 19.4 Å². The molecule has 0 saturated carbocycles. The molecule has 1 N–H and O–H groups in total. The van der Waals surface area contributed by atoms with Gasteiger partial charge in [-0.3, -0.25) is 4.79 Å². The summed E-state index contributed by atoms with van der Waals surface area (Å²) in [5.74, 6) is 0.469. The van der Waals surface area contributed by atoms with Crippen LogP contribution in [0, 0.1) is 12.7 Å².